The first-order chi connectivity index (χ1) is 16.0. The first-order valence-electron chi connectivity index (χ1n) is 9.70. The molecule has 34 heavy (non-hydrogen) atoms. The van der Waals surface area contributed by atoms with Crippen LogP contribution in [0.2, 0.25) is 30.1 Å². The first kappa shape index (κ1) is 27.0. The number of oxime groups is 1. The van der Waals surface area contributed by atoms with E-state index in [1.165, 1.54) is 40.8 Å². The smallest absolute Gasteiger partial charge is 0.290 e. The predicted molar refractivity (Wildman–Crippen MR) is 153 cm³/mol. The molecule has 1 aliphatic heterocycles. The third-order valence-electron chi connectivity index (χ3n) is 4.81. The molecule has 1 unspecified atom stereocenters. The normalized spacial score (nSPS) is 17.6. The van der Waals surface area contributed by atoms with E-state index in [1.54, 1.807) is 0 Å². The first-order valence-corrected chi connectivity index (χ1v) is 14.4. The van der Waals surface area contributed by atoms with Gasteiger partial charge in [0.15, 0.2) is 0 Å². The number of thioether (sulfide) groups is 3. The highest BCUT2D eigenvalue weighted by Gasteiger charge is 2.45. The van der Waals surface area contributed by atoms with E-state index in [-0.39, 0.29) is 25.1 Å². The van der Waals surface area contributed by atoms with Gasteiger partial charge in [0.1, 0.15) is 5.04 Å². The van der Waals surface area contributed by atoms with Gasteiger partial charge in [-0.1, -0.05) is 104 Å². The van der Waals surface area contributed by atoms with Gasteiger partial charge in [-0.2, -0.15) is 0 Å². The lowest BCUT2D eigenvalue weighted by Gasteiger charge is -2.26. The van der Waals surface area contributed by atoms with Crippen molar-refractivity contribution in [3.8, 4) is 0 Å². The summed E-state index contributed by atoms with van der Waals surface area (Å²) >= 11 is 42.2. The molecule has 3 aromatic rings. The topological polar surface area (TPSA) is 21.6 Å². The van der Waals surface area contributed by atoms with E-state index in [4.69, 9.17) is 74.4 Å². The van der Waals surface area contributed by atoms with Crippen molar-refractivity contribution in [2.75, 3.05) is 0 Å². The van der Waals surface area contributed by atoms with Crippen molar-refractivity contribution in [2.24, 2.45) is 5.16 Å². The molecule has 0 aromatic heterocycles. The Morgan fingerprint density at radius 1 is 0.765 bits per heavy atom. The zero-order valence-corrected chi connectivity index (χ0v) is 24.8. The number of hydrogen-bond acceptors (Lipinski definition) is 5. The number of halogens is 6. The third kappa shape index (κ3) is 5.44. The van der Waals surface area contributed by atoms with Crippen LogP contribution >= 0.6 is 105 Å². The molecule has 0 amide bonds. The number of nitrogens with zero attached hydrogens (tertiary/aromatic N) is 1. The van der Waals surface area contributed by atoms with Gasteiger partial charge in [-0.3, -0.25) is 0 Å². The van der Waals surface area contributed by atoms with Gasteiger partial charge in [-0.25, -0.2) is 0 Å². The summed E-state index contributed by atoms with van der Waals surface area (Å²) in [5, 5.41) is 6.61. The van der Waals surface area contributed by atoms with Crippen LogP contribution in [0.3, 0.4) is 0 Å². The van der Waals surface area contributed by atoms with Crippen LogP contribution in [0, 0.1) is 20.8 Å². The number of benzene rings is 3. The Morgan fingerprint density at radius 2 is 1.29 bits per heavy atom. The van der Waals surface area contributed by atoms with Gasteiger partial charge < -0.3 is 4.84 Å². The number of rotatable bonds is 5. The molecule has 1 atom stereocenters. The molecular formula is C23H15Cl6NOS3. The Bertz CT molecular complexity index is 1260. The quantitative estimate of drug-likeness (QED) is 0.159. The second-order valence-corrected chi connectivity index (χ2v) is 14.1. The minimum Gasteiger partial charge on any atom is -0.353 e. The van der Waals surface area contributed by atoms with Crippen LogP contribution in [0.5, 0.6) is 0 Å². The summed E-state index contributed by atoms with van der Waals surface area (Å²) in [6.45, 7) is 6.19. The second-order valence-electron chi connectivity index (χ2n) is 7.42. The fourth-order valence-corrected chi connectivity index (χ4v) is 9.23. The zero-order chi connectivity index (χ0) is 24.8. The molecule has 0 aliphatic carbocycles. The summed E-state index contributed by atoms with van der Waals surface area (Å²) in [7, 11) is 0. The standard InChI is InChI=1S/C23H15Cl6NOS3/c1-10-8-11(2)15(12(3)9-10)22-30-31-23(34-22,32-14-6-4-13(24)5-7-14)33-21-19(28)17(26)16(25)18(27)20(21)29/h4-9H,1-3H3. The minimum atomic E-state index is -1.01. The molecule has 1 heterocycles. The summed E-state index contributed by atoms with van der Waals surface area (Å²) < 4.78 is -1.01. The summed E-state index contributed by atoms with van der Waals surface area (Å²) in [5.41, 5.74) is 4.43. The van der Waals surface area contributed by atoms with Crippen molar-refractivity contribution in [1.29, 1.82) is 0 Å². The van der Waals surface area contributed by atoms with E-state index in [0.29, 0.717) is 9.92 Å². The molecule has 11 heteroatoms. The van der Waals surface area contributed by atoms with Gasteiger partial charge in [-0.15, -0.1) is 0 Å². The molecule has 4 rings (SSSR count). The summed E-state index contributed by atoms with van der Waals surface area (Å²) in [6.07, 6.45) is 0. The van der Waals surface area contributed by atoms with Crippen molar-refractivity contribution in [3.63, 3.8) is 0 Å². The fraction of sp³-hybridized carbons (Fsp3) is 0.174. The average Bonchev–Trinajstić information content (AvgIpc) is 3.18. The van der Waals surface area contributed by atoms with E-state index in [2.05, 4.69) is 38.1 Å². The molecule has 0 bridgehead atoms. The van der Waals surface area contributed by atoms with Crippen LogP contribution in [0.4, 0.5) is 0 Å². The fourth-order valence-electron chi connectivity index (χ4n) is 3.41. The SMILES string of the molecule is Cc1cc(C)c(C2=NOC(Sc3ccc(Cl)cc3)(Sc3c(Cl)c(Cl)c(Cl)c(Cl)c3Cl)S2)c(C)c1. The van der Waals surface area contributed by atoms with Gasteiger partial charge in [0.05, 0.1) is 30.0 Å². The maximum atomic E-state index is 6.55. The van der Waals surface area contributed by atoms with E-state index >= 15 is 0 Å². The maximum Gasteiger partial charge on any atom is 0.290 e. The van der Waals surface area contributed by atoms with Crippen LogP contribution in [0.15, 0.2) is 51.3 Å². The van der Waals surface area contributed by atoms with Crippen molar-refractivity contribution >= 4 is 110 Å². The van der Waals surface area contributed by atoms with Gasteiger partial charge in [0.2, 0.25) is 0 Å². The lowest BCUT2D eigenvalue weighted by Crippen LogP contribution is -2.15. The predicted octanol–water partition coefficient (Wildman–Crippen LogP) is 11.2. The van der Waals surface area contributed by atoms with Crippen molar-refractivity contribution in [2.45, 2.75) is 34.2 Å². The summed E-state index contributed by atoms with van der Waals surface area (Å²) in [4.78, 5) is 7.48. The molecule has 1 aliphatic rings. The van der Waals surface area contributed by atoms with Crippen LogP contribution in [0.25, 0.3) is 0 Å². The molecule has 178 valence electrons. The third-order valence-corrected chi connectivity index (χ3v) is 11.6. The summed E-state index contributed by atoms with van der Waals surface area (Å²) in [5.74, 6) is 0. The van der Waals surface area contributed by atoms with Crippen LogP contribution in [-0.4, -0.2) is 8.64 Å². The number of aryl methyl sites for hydroxylation is 3. The molecule has 2 nitrogen and oxygen atoms in total. The molecule has 3 aromatic carbocycles. The Morgan fingerprint density at radius 3 is 1.85 bits per heavy atom. The molecule has 0 spiro atoms. The van der Waals surface area contributed by atoms with E-state index in [0.717, 1.165) is 26.6 Å². The summed E-state index contributed by atoms with van der Waals surface area (Å²) in [6, 6.07) is 11.7. The van der Waals surface area contributed by atoms with Gasteiger partial charge >= 0.3 is 0 Å². The van der Waals surface area contributed by atoms with Crippen molar-refractivity contribution in [3.05, 3.63) is 88.8 Å². The highest BCUT2D eigenvalue weighted by atomic mass is 35.5. The van der Waals surface area contributed by atoms with E-state index in [9.17, 15) is 0 Å². The lowest BCUT2D eigenvalue weighted by molar-refractivity contribution is 0.163. The number of hydrogen-bond donors (Lipinski definition) is 0. The second kappa shape index (κ2) is 10.7. The minimum absolute atomic E-state index is 0.102. The highest BCUT2D eigenvalue weighted by molar-refractivity contribution is 8.38. The van der Waals surface area contributed by atoms with Gasteiger partial charge in [0, 0.05) is 15.5 Å². The molecule has 0 radical (unpaired) electrons. The molecule has 0 saturated carbocycles. The Labute approximate surface area is 241 Å². The van der Waals surface area contributed by atoms with Gasteiger partial charge in [-0.05, 0) is 79.7 Å². The van der Waals surface area contributed by atoms with Crippen LogP contribution in [-0.2, 0) is 4.84 Å². The molecule has 0 saturated heterocycles. The Hall–Kier alpha value is -0.0800. The largest absolute Gasteiger partial charge is 0.353 e. The monoisotopic (exact) mass is 627 g/mol. The van der Waals surface area contributed by atoms with E-state index < -0.39 is 3.60 Å². The highest BCUT2D eigenvalue weighted by Crippen LogP contribution is 2.61. The van der Waals surface area contributed by atoms with Gasteiger partial charge in [0.25, 0.3) is 3.60 Å². The maximum absolute atomic E-state index is 6.55. The molecule has 0 N–H and O–H groups in total. The van der Waals surface area contributed by atoms with Crippen LogP contribution in [0.1, 0.15) is 22.3 Å². The molecular weight excluding hydrogens is 615 g/mol. The lowest BCUT2D eigenvalue weighted by atomic mass is 10.0. The Balaban J connectivity index is 1.77. The van der Waals surface area contributed by atoms with Crippen molar-refractivity contribution in [1.82, 2.24) is 0 Å². The van der Waals surface area contributed by atoms with Crippen LogP contribution < -0.4 is 0 Å². The van der Waals surface area contributed by atoms with Crippen molar-refractivity contribution < 1.29 is 4.84 Å². The van der Waals surface area contributed by atoms with E-state index in [1.807, 2.05) is 24.3 Å². The average molecular weight is 630 g/mol. The Kier molecular flexibility index (Phi) is 8.51. The molecule has 0 fully saturated rings. The zero-order valence-electron chi connectivity index (χ0n) is 17.8.